The fraction of sp³-hybridized carbons (Fsp3) is 0.467. The number of phenols is 1. The molecule has 0 aromatic heterocycles. The number of carbonyl (C=O) groups is 2. The molecule has 0 saturated carbocycles. The average Bonchev–Trinajstić information content (AvgIpc) is 2.45. The smallest absolute Gasteiger partial charge is 0.243 e. The van der Waals surface area contributed by atoms with Gasteiger partial charge in [-0.3, -0.25) is 14.8 Å². The first-order valence-electron chi connectivity index (χ1n) is 7.05. The lowest BCUT2D eigenvalue weighted by molar-refractivity contribution is -0.129. The van der Waals surface area contributed by atoms with Crippen molar-refractivity contribution in [1.82, 2.24) is 5.48 Å². The molecule has 1 aromatic rings. The van der Waals surface area contributed by atoms with Gasteiger partial charge in [-0.25, -0.2) is 5.48 Å². The van der Waals surface area contributed by atoms with Crippen molar-refractivity contribution in [2.45, 2.75) is 45.4 Å². The maximum atomic E-state index is 11.7. The Balaban J connectivity index is 2.18. The van der Waals surface area contributed by atoms with Crippen LogP contribution < -0.4 is 10.8 Å². The van der Waals surface area contributed by atoms with Gasteiger partial charge in [-0.1, -0.05) is 18.9 Å². The van der Waals surface area contributed by atoms with Crippen molar-refractivity contribution in [2.75, 3.05) is 5.32 Å². The molecule has 2 amide bonds. The number of rotatable bonds is 8. The van der Waals surface area contributed by atoms with Crippen molar-refractivity contribution in [3.8, 4) is 5.75 Å². The molecule has 4 N–H and O–H groups in total. The Morgan fingerprint density at radius 1 is 1.05 bits per heavy atom. The first-order chi connectivity index (χ1) is 10.0. The second-order valence-electron chi connectivity index (χ2n) is 5.02. The van der Waals surface area contributed by atoms with E-state index in [4.69, 9.17) is 5.21 Å². The Bertz CT molecular complexity index is 489. The summed E-state index contributed by atoms with van der Waals surface area (Å²) < 4.78 is 0. The van der Waals surface area contributed by atoms with Gasteiger partial charge in [0.25, 0.3) is 0 Å². The summed E-state index contributed by atoms with van der Waals surface area (Å²) in [5.41, 5.74) is 2.93. The first-order valence-corrected chi connectivity index (χ1v) is 7.05. The molecule has 6 nitrogen and oxygen atoms in total. The SMILES string of the molecule is Cc1ccc(NC(=O)CCCCCCC(=O)NO)c(O)c1. The lowest BCUT2D eigenvalue weighted by Gasteiger charge is -2.08. The van der Waals surface area contributed by atoms with Crippen molar-refractivity contribution in [3.05, 3.63) is 23.8 Å². The van der Waals surface area contributed by atoms with Crippen LogP contribution in [-0.4, -0.2) is 22.1 Å². The molecule has 0 atom stereocenters. The Morgan fingerprint density at radius 2 is 1.67 bits per heavy atom. The number of nitrogens with one attached hydrogen (secondary N) is 2. The second-order valence-corrected chi connectivity index (χ2v) is 5.02. The van der Waals surface area contributed by atoms with Crippen LogP contribution in [0.1, 0.15) is 44.1 Å². The third-order valence-electron chi connectivity index (χ3n) is 3.11. The summed E-state index contributed by atoms with van der Waals surface area (Å²) in [5, 5.41) is 20.7. The molecule has 0 fully saturated rings. The number of carbonyl (C=O) groups excluding carboxylic acids is 2. The predicted molar refractivity (Wildman–Crippen MR) is 79.1 cm³/mol. The van der Waals surface area contributed by atoms with Crippen LogP contribution in [0.15, 0.2) is 18.2 Å². The van der Waals surface area contributed by atoms with Crippen molar-refractivity contribution >= 4 is 17.5 Å². The fourth-order valence-corrected chi connectivity index (χ4v) is 1.94. The largest absolute Gasteiger partial charge is 0.506 e. The van der Waals surface area contributed by atoms with Gasteiger partial charge in [-0.2, -0.15) is 0 Å². The molecule has 0 aliphatic carbocycles. The minimum Gasteiger partial charge on any atom is -0.506 e. The monoisotopic (exact) mass is 294 g/mol. The molecule has 0 bridgehead atoms. The van der Waals surface area contributed by atoms with E-state index < -0.39 is 0 Å². The van der Waals surface area contributed by atoms with E-state index in [1.165, 1.54) is 0 Å². The molecule has 116 valence electrons. The summed E-state index contributed by atoms with van der Waals surface area (Å²) in [6, 6.07) is 5.10. The highest BCUT2D eigenvalue weighted by atomic mass is 16.5. The molecule has 0 saturated heterocycles. The summed E-state index contributed by atoms with van der Waals surface area (Å²) in [6.45, 7) is 1.86. The zero-order valence-electron chi connectivity index (χ0n) is 12.2. The maximum absolute atomic E-state index is 11.7. The molecule has 0 heterocycles. The van der Waals surface area contributed by atoms with Gasteiger partial charge in [0.15, 0.2) is 0 Å². The molecule has 6 heteroatoms. The van der Waals surface area contributed by atoms with Crippen LogP contribution in [-0.2, 0) is 9.59 Å². The van der Waals surface area contributed by atoms with Crippen molar-refractivity contribution < 1.29 is 19.9 Å². The number of hydrogen-bond acceptors (Lipinski definition) is 4. The lowest BCUT2D eigenvalue weighted by Crippen LogP contribution is -2.17. The predicted octanol–water partition coefficient (Wildman–Crippen LogP) is 2.49. The molecule has 0 radical (unpaired) electrons. The van der Waals surface area contributed by atoms with Crippen molar-refractivity contribution in [1.29, 1.82) is 0 Å². The van der Waals surface area contributed by atoms with Crippen LogP contribution in [0.2, 0.25) is 0 Å². The average molecular weight is 294 g/mol. The Morgan fingerprint density at radius 3 is 2.24 bits per heavy atom. The van der Waals surface area contributed by atoms with Gasteiger partial charge in [0, 0.05) is 12.8 Å². The van der Waals surface area contributed by atoms with Crippen LogP contribution in [0.4, 0.5) is 5.69 Å². The zero-order valence-corrected chi connectivity index (χ0v) is 12.2. The maximum Gasteiger partial charge on any atom is 0.243 e. The van der Waals surface area contributed by atoms with E-state index in [0.29, 0.717) is 24.9 Å². The normalized spacial score (nSPS) is 10.2. The standard InChI is InChI=1S/C15H22N2O4/c1-11-8-9-12(13(18)10-11)16-14(19)6-4-2-3-5-7-15(20)17-21/h8-10,18,21H,2-7H2,1H3,(H,16,19)(H,17,20). The zero-order chi connectivity index (χ0) is 15.7. The van der Waals surface area contributed by atoms with Gasteiger partial charge >= 0.3 is 0 Å². The van der Waals surface area contributed by atoms with E-state index in [-0.39, 0.29) is 17.6 Å². The summed E-state index contributed by atoms with van der Waals surface area (Å²) in [4.78, 5) is 22.5. The van der Waals surface area contributed by atoms with Gasteiger partial charge in [0.2, 0.25) is 11.8 Å². The lowest BCUT2D eigenvalue weighted by atomic mass is 10.1. The highest BCUT2D eigenvalue weighted by Gasteiger charge is 2.06. The van der Waals surface area contributed by atoms with Gasteiger partial charge in [-0.15, -0.1) is 0 Å². The minimum atomic E-state index is -0.386. The quantitative estimate of drug-likeness (QED) is 0.256. The van der Waals surface area contributed by atoms with E-state index in [9.17, 15) is 14.7 Å². The molecule has 0 spiro atoms. The fourth-order valence-electron chi connectivity index (χ4n) is 1.94. The number of hydrogen-bond donors (Lipinski definition) is 4. The molecular weight excluding hydrogens is 272 g/mol. The number of anilines is 1. The molecule has 21 heavy (non-hydrogen) atoms. The van der Waals surface area contributed by atoms with Gasteiger partial charge < -0.3 is 10.4 Å². The van der Waals surface area contributed by atoms with Crippen molar-refractivity contribution in [2.24, 2.45) is 0 Å². The molecule has 1 rings (SSSR count). The number of aryl methyl sites for hydroxylation is 1. The minimum absolute atomic E-state index is 0.0679. The summed E-state index contributed by atoms with van der Waals surface area (Å²) in [5.74, 6) is -0.455. The van der Waals surface area contributed by atoms with E-state index in [0.717, 1.165) is 24.8 Å². The van der Waals surface area contributed by atoms with Gasteiger partial charge in [0.05, 0.1) is 5.69 Å². The molecule has 0 unspecified atom stereocenters. The van der Waals surface area contributed by atoms with Crippen LogP contribution >= 0.6 is 0 Å². The highest BCUT2D eigenvalue weighted by molar-refractivity contribution is 5.92. The third-order valence-corrected chi connectivity index (χ3v) is 3.11. The highest BCUT2D eigenvalue weighted by Crippen LogP contribution is 2.24. The molecule has 0 aliphatic heterocycles. The Labute approximate surface area is 124 Å². The van der Waals surface area contributed by atoms with Crippen molar-refractivity contribution in [3.63, 3.8) is 0 Å². The first kappa shape index (κ1) is 17.0. The van der Waals surface area contributed by atoms with Crippen LogP contribution in [0.3, 0.4) is 0 Å². The van der Waals surface area contributed by atoms with Crippen LogP contribution in [0.25, 0.3) is 0 Å². The summed E-state index contributed by atoms with van der Waals surface area (Å²) >= 11 is 0. The second kappa shape index (κ2) is 8.97. The van der Waals surface area contributed by atoms with E-state index >= 15 is 0 Å². The van der Waals surface area contributed by atoms with Crippen LogP contribution in [0.5, 0.6) is 5.75 Å². The molecular formula is C15H22N2O4. The summed E-state index contributed by atoms with van der Waals surface area (Å²) in [6.07, 6.45) is 3.74. The van der Waals surface area contributed by atoms with Gasteiger partial charge in [0.1, 0.15) is 5.75 Å². The number of unbranched alkanes of at least 4 members (excludes halogenated alkanes) is 3. The van der Waals surface area contributed by atoms with E-state index in [1.54, 1.807) is 17.6 Å². The topological polar surface area (TPSA) is 98.7 Å². The van der Waals surface area contributed by atoms with E-state index in [2.05, 4.69) is 5.32 Å². The number of aromatic hydroxyl groups is 1. The number of amides is 2. The number of benzene rings is 1. The summed E-state index contributed by atoms with van der Waals surface area (Å²) in [7, 11) is 0. The molecule has 0 aliphatic rings. The third kappa shape index (κ3) is 6.76. The number of hydroxylamine groups is 1. The van der Waals surface area contributed by atoms with Gasteiger partial charge in [-0.05, 0) is 37.5 Å². The van der Waals surface area contributed by atoms with Crippen LogP contribution in [0, 0.1) is 6.92 Å². The Kier molecular flexibility index (Phi) is 7.25. The molecule has 1 aromatic carbocycles. The Hall–Kier alpha value is -2.08. The number of phenolic OH excluding ortho intramolecular Hbond substituents is 1. The van der Waals surface area contributed by atoms with E-state index in [1.807, 2.05) is 13.0 Å².